The maximum absolute atomic E-state index is 13.2. The van der Waals surface area contributed by atoms with Crippen molar-refractivity contribution in [1.82, 2.24) is 20.3 Å². The lowest BCUT2D eigenvalue weighted by molar-refractivity contribution is -0.140. The van der Waals surface area contributed by atoms with E-state index in [0.29, 0.717) is 25.8 Å². The Balaban J connectivity index is 1.79. The van der Waals surface area contributed by atoms with Crippen LogP contribution < -0.4 is 15.4 Å². The van der Waals surface area contributed by atoms with E-state index < -0.39 is 39.7 Å². The Kier molecular flexibility index (Phi) is 8.92. The van der Waals surface area contributed by atoms with Gasteiger partial charge in [-0.15, -0.1) is 11.3 Å². The lowest BCUT2D eigenvalue weighted by Gasteiger charge is -2.23. The predicted molar refractivity (Wildman–Crippen MR) is 129 cm³/mol. The number of fused-ring (bicyclic) bond motifs is 2. The number of hydrogen-bond acceptors (Lipinski definition) is 7. The molecule has 1 aromatic carbocycles. The molecule has 34 heavy (non-hydrogen) atoms. The van der Waals surface area contributed by atoms with Crippen molar-refractivity contribution in [2.75, 3.05) is 6.54 Å². The van der Waals surface area contributed by atoms with Crippen LogP contribution in [-0.4, -0.2) is 49.6 Å². The van der Waals surface area contributed by atoms with Crippen molar-refractivity contribution in [3.05, 3.63) is 46.4 Å². The summed E-state index contributed by atoms with van der Waals surface area (Å²) < 4.78 is 28.1. The number of ketones is 1. The zero-order chi connectivity index (χ0) is 24.7. The van der Waals surface area contributed by atoms with E-state index in [1.54, 1.807) is 18.2 Å². The van der Waals surface area contributed by atoms with E-state index in [9.17, 15) is 22.8 Å². The number of benzene rings is 1. The second-order valence-electron chi connectivity index (χ2n) is 8.67. The molecule has 0 spiro atoms. The Hall–Kier alpha value is -2.63. The van der Waals surface area contributed by atoms with Gasteiger partial charge in [-0.05, 0) is 43.7 Å². The Morgan fingerprint density at radius 1 is 1.21 bits per heavy atom. The summed E-state index contributed by atoms with van der Waals surface area (Å²) in [5, 5.41) is 8.02. The van der Waals surface area contributed by atoms with Gasteiger partial charge in [-0.3, -0.25) is 14.4 Å². The first-order chi connectivity index (χ1) is 16.2. The Bertz CT molecular complexity index is 1120. The van der Waals surface area contributed by atoms with E-state index in [0.717, 1.165) is 10.7 Å². The fourth-order valence-corrected chi connectivity index (χ4v) is 5.72. The molecule has 1 aliphatic heterocycles. The minimum Gasteiger partial charge on any atom is -0.349 e. The Morgan fingerprint density at radius 2 is 1.94 bits per heavy atom. The molecule has 0 aliphatic carbocycles. The highest BCUT2D eigenvalue weighted by Crippen LogP contribution is 2.16. The van der Waals surface area contributed by atoms with Crippen LogP contribution in [0.15, 0.2) is 40.6 Å². The molecule has 0 radical (unpaired) electrons. The number of nitrogens with one attached hydrogen (secondary N) is 3. The highest BCUT2D eigenvalue weighted by atomic mass is 32.2. The van der Waals surface area contributed by atoms with E-state index in [1.165, 1.54) is 23.5 Å². The molecule has 0 saturated heterocycles. The number of carbonyl (C=O) groups is 3. The number of rotatable bonds is 7. The molecule has 2 heterocycles. The smallest absolute Gasteiger partial charge is 0.289 e. The van der Waals surface area contributed by atoms with Gasteiger partial charge in [0.05, 0.1) is 21.6 Å². The van der Waals surface area contributed by atoms with Gasteiger partial charge in [-0.25, -0.2) is 13.4 Å². The topological polar surface area (TPSA) is 134 Å². The molecular weight excluding hydrogens is 476 g/mol. The van der Waals surface area contributed by atoms with Gasteiger partial charge in [0.15, 0.2) is 0 Å². The number of sulfonamides is 1. The fourth-order valence-electron chi connectivity index (χ4n) is 3.64. The minimum absolute atomic E-state index is 0.00160. The van der Waals surface area contributed by atoms with E-state index in [1.807, 2.05) is 19.2 Å². The Morgan fingerprint density at radius 3 is 2.65 bits per heavy atom. The third kappa shape index (κ3) is 7.18. The lowest BCUT2D eigenvalue weighted by atomic mass is 10.0. The summed E-state index contributed by atoms with van der Waals surface area (Å²) in [4.78, 5) is 43.0. The van der Waals surface area contributed by atoms with Gasteiger partial charge in [-0.1, -0.05) is 32.0 Å². The normalized spacial score (nSPS) is 18.5. The number of thiazole rings is 1. The summed E-state index contributed by atoms with van der Waals surface area (Å²) in [5.74, 6) is -2.16. The molecule has 0 saturated carbocycles. The molecule has 0 fully saturated rings. The van der Waals surface area contributed by atoms with E-state index in [-0.39, 0.29) is 23.7 Å². The molecule has 11 heteroatoms. The summed E-state index contributed by atoms with van der Waals surface area (Å²) in [7, 11) is -3.96. The number of aromatic nitrogens is 1. The van der Waals surface area contributed by atoms with E-state index >= 15 is 0 Å². The monoisotopic (exact) mass is 506 g/mol. The van der Waals surface area contributed by atoms with Gasteiger partial charge in [0.2, 0.25) is 21.7 Å². The molecule has 1 aliphatic rings. The molecule has 2 atom stereocenters. The summed E-state index contributed by atoms with van der Waals surface area (Å²) in [5.41, 5.74) is 0.939. The van der Waals surface area contributed by atoms with Crippen molar-refractivity contribution in [1.29, 1.82) is 0 Å². The molecule has 9 nitrogen and oxygen atoms in total. The van der Waals surface area contributed by atoms with Crippen molar-refractivity contribution in [3.63, 3.8) is 0 Å². The van der Waals surface area contributed by atoms with Gasteiger partial charge in [0.25, 0.3) is 5.91 Å². The van der Waals surface area contributed by atoms with Crippen molar-refractivity contribution in [3.8, 4) is 0 Å². The van der Waals surface area contributed by atoms with Crippen LogP contribution in [0.25, 0.3) is 0 Å². The molecule has 2 aromatic rings. The van der Waals surface area contributed by atoms with E-state index in [4.69, 9.17) is 0 Å². The zero-order valence-corrected chi connectivity index (χ0v) is 20.9. The zero-order valence-electron chi connectivity index (χ0n) is 19.2. The number of aryl methyl sites for hydroxylation is 2. The van der Waals surface area contributed by atoms with Crippen molar-refractivity contribution in [2.45, 2.75) is 62.9 Å². The molecule has 3 rings (SSSR count). The standard InChI is InChI=1S/C23H30N4O5S2/c1-15(2)13-19(27-34(31,32)17-8-4-3-5-9-17)22(29)26-18-10-11-20-25-16(14-33-20)7-6-12-24-23(30)21(18)28/h3-5,8-9,14-15,18-19,27H,6-7,10-13H2,1-2H3,(H,24,30)(H,26,29). The van der Waals surface area contributed by atoms with Crippen LogP contribution in [-0.2, 0) is 37.2 Å². The van der Waals surface area contributed by atoms with Crippen LogP contribution in [0.3, 0.4) is 0 Å². The summed E-state index contributed by atoms with van der Waals surface area (Å²) in [6, 6.07) is 5.58. The number of nitrogens with zero attached hydrogens (tertiary/aromatic N) is 1. The number of Topliss-reactive ketones (excluding diaryl/α,β-unsaturated/α-hetero) is 1. The van der Waals surface area contributed by atoms with Crippen molar-refractivity contribution >= 4 is 39.0 Å². The number of hydrogen-bond donors (Lipinski definition) is 3. The highest BCUT2D eigenvalue weighted by molar-refractivity contribution is 7.89. The van der Waals surface area contributed by atoms with E-state index in [2.05, 4.69) is 20.3 Å². The first kappa shape index (κ1) is 26.0. The van der Waals surface area contributed by atoms with Gasteiger partial charge in [0.1, 0.15) is 6.04 Å². The lowest BCUT2D eigenvalue weighted by Crippen LogP contribution is -2.54. The molecular formula is C23H30N4O5S2. The first-order valence-corrected chi connectivity index (χ1v) is 13.6. The largest absolute Gasteiger partial charge is 0.349 e. The van der Waals surface area contributed by atoms with Gasteiger partial charge >= 0.3 is 0 Å². The van der Waals surface area contributed by atoms with Crippen molar-refractivity contribution in [2.24, 2.45) is 5.92 Å². The van der Waals surface area contributed by atoms with Crippen LogP contribution in [0.1, 0.15) is 43.8 Å². The maximum atomic E-state index is 13.2. The Labute approximate surface area is 203 Å². The number of amides is 2. The van der Waals surface area contributed by atoms with Crippen LogP contribution >= 0.6 is 11.3 Å². The molecule has 184 valence electrons. The third-order valence-electron chi connectivity index (χ3n) is 5.37. The van der Waals surface area contributed by atoms with Crippen LogP contribution in [0.2, 0.25) is 0 Å². The highest BCUT2D eigenvalue weighted by Gasteiger charge is 2.32. The van der Waals surface area contributed by atoms with Crippen molar-refractivity contribution < 1.29 is 22.8 Å². The van der Waals surface area contributed by atoms with Crippen LogP contribution in [0, 0.1) is 5.92 Å². The molecule has 2 amide bonds. The van der Waals surface area contributed by atoms with Gasteiger partial charge < -0.3 is 10.6 Å². The maximum Gasteiger partial charge on any atom is 0.289 e. The minimum atomic E-state index is -3.96. The van der Waals surface area contributed by atoms with Crippen LogP contribution in [0.5, 0.6) is 0 Å². The second kappa shape index (κ2) is 11.7. The second-order valence-corrected chi connectivity index (χ2v) is 11.3. The molecule has 2 unspecified atom stereocenters. The third-order valence-corrected chi connectivity index (χ3v) is 7.82. The summed E-state index contributed by atoms with van der Waals surface area (Å²) in [6.45, 7) is 4.06. The molecule has 1 aromatic heterocycles. The average molecular weight is 507 g/mol. The first-order valence-electron chi connectivity index (χ1n) is 11.3. The number of carbonyl (C=O) groups excluding carboxylic acids is 3. The van der Waals surface area contributed by atoms with Gasteiger partial charge in [0, 0.05) is 18.3 Å². The quantitative estimate of drug-likeness (QED) is 0.488. The summed E-state index contributed by atoms with van der Waals surface area (Å²) >= 11 is 1.48. The van der Waals surface area contributed by atoms with Gasteiger partial charge in [-0.2, -0.15) is 4.72 Å². The fraction of sp³-hybridized carbons (Fsp3) is 0.478. The SMILES string of the molecule is CC(C)CC(NS(=O)(=O)c1ccccc1)C(=O)NC1CCc2nc(cs2)CCCNC(=O)C1=O. The average Bonchev–Trinajstić information content (AvgIpc) is 3.25. The predicted octanol–water partition coefficient (Wildman–Crippen LogP) is 1.59. The molecule has 3 N–H and O–H groups in total. The van der Waals surface area contributed by atoms with Crippen LogP contribution in [0.4, 0.5) is 0 Å². The molecule has 2 bridgehead atoms. The summed E-state index contributed by atoms with van der Waals surface area (Å²) in [6.07, 6.45) is 2.19.